The first-order valence-corrected chi connectivity index (χ1v) is 5.79. The largest absolute Gasteiger partial charge is 0.492 e. The molecular weight excluding hydrogens is 266 g/mol. The van der Waals surface area contributed by atoms with Gasteiger partial charge in [-0.15, -0.1) is 0 Å². The molecule has 0 bridgehead atoms. The number of carbonyl (C=O) groups is 1. The van der Waals surface area contributed by atoms with Crippen molar-refractivity contribution in [3.8, 4) is 5.75 Å². The molecule has 0 fully saturated rings. The summed E-state index contributed by atoms with van der Waals surface area (Å²) in [7, 11) is 0. The molecule has 100 valence electrons. The van der Waals surface area contributed by atoms with Crippen LogP contribution in [0.15, 0.2) is 18.2 Å². The average molecular weight is 279 g/mol. The quantitative estimate of drug-likeness (QED) is 0.775. The van der Waals surface area contributed by atoms with E-state index < -0.39 is 17.5 Å². The van der Waals surface area contributed by atoms with E-state index in [1.54, 1.807) is 6.92 Å². The van der Waals surface area contributed by atoms with Crippen molar-refractivity contribution in [1.82, 2.24) is 0 Å². The Morgan fingerprint density at radius 3 is 2.50 bits per heavy atom. The number of esters is 1. The maximum atomic E-state index is 13.7. The molecule has 0 aliphatic carbocycles. The zero-order valence-corrected chi connectivity index (χ0v) is 10.8. The van der Waals surface area contributed by atoms with Gasteiger partial charge in [-0.05, 0) is 32.0 Å². The van der Waals surface area contributed by atoms with Gasteiger partial charge in [0, 0.05) is 5.56 Å². The van der Waals surface area contributed by atoms with Gasteiger partial charge in [0.15, 0.2) is 0 Å². The second kappa shape index (κ2) is 6.00. The molecule has 0 aromatic heterocycles. The van der Waals surface area contributed by atoms with Crippen LogP contribution < -0.4 is 4.74 Å². The molecule has 0 aliphatic heterocycles. The Morgan fingerprint density at radius 2 is 2.00 bits per heavy atom. The standard InChI is InChI=1S/C12H13ClF2O3/c1-3-17-10-6-5-8(7-9(10)13)12(14,15)11(16)18-4-2/h5-7H,3-4H2,1-2H3. The number of carbonyl (C=O) groups excluding carboxylic acids is 1. The van der Waals surface area contributed by atoms with Gasteiger partial charge in [0.25, 0.3) is 0 Å². The van der Waals surface area contributed by atoms with Crippen LogP contribution in [0.1, 0.15) is 19.4 Å². The summed E-state index contributed by atoms with van der Waals surface area (Å²) < 4.78 is 36.8. The minimum Gasteiger partial charge on any atom is -0.492 e. The monoisotopic (exact) mass is 278 g/mol. The van der Waals surface area contributed by atoms with E-state index in [0.717, 1.165) is 12.1 Å². The summed E-state index contributed by atoms with van der Waals surface area (Å²) in [4.78, 5) is 11.1. The van der Waals surface area contributed by atoms with E-state index in [0.29, 0.717) is 12.4 Å². The zero-order chi connectivity index (χ0) is 13.8. The van der Waals surface area contributed by atoms with Gasteiger partial charge in [-0.3, -0.25) is 0 Å². The van der Waals surface area contributed by atoms with Gasteiger partial charge in [0.2, 0.25) is 0 Å². The highest BCUT2D eigenvalue weighted by atomic mass is 35.5. The zero-order valence-electron chi connectivity index (χ0n) is 10.0. The Balaban J connectivity index is 3.03. The van der Waals surface area contributed by atoms with Gasteiger partial charge in [-0.2, -0.15) is 8.78 Å². The summed E-state index contributed by atoms with van der Waals surface area (Å²) in [6, 6.07) is 3.39. The van der Waals surface area contributed by atoms with Crippen molar-refractivity contribution in [2.45, 2.75) is 19.8 Å². The fourth-order valence-electron chi connectivity index (χ4n) is 1.31. The van der Waals surface area contributed by atoms with E-state index in [4.69, 9.17) is 16.3 Å². The fraction of sp³-hybridized carbons (Fsp3) is 0.417. The lowest BCUT2D eigenvalue weighted by molar-refractivity contribution is -0.173. The van der Waals surface area contributed by atoms with Crippen molar-refractivity contribution in [1.29, 1.82) is 0 Å². The van der Waals surface area contributed by atoms with Crippen LogP contribution in [0.2, 0.25) is 5.02 Å². The maximum Gasteiger partial charge on any atom is 0.381 e. The minimum atomic E-state index is -3.72. The van der Waals surface area contributed by atoms with Crippen LogP contribution >= 0.6 is 11.6 Å². The molecule has 0 unspecified atom stereocenters. The molecule has 0 N–H and O–H groups in total. The second-order valence-corrected chi connectivity index (χ2v) is 3.78. The Labute approximate surface area is 109 Å². The van der Waals surface area contributed by atoms with Crippen LogP contribution in [0.3, 0.4) is 0 Å². The number of alkyl halides is 2. The lowest BCUT2D eigenvalue weighted by Crippen LogP contribution is -2.28. The molecule has 0 aliphatic rings. The number of benzene rings is 1. The molecule has 1 aromatic carbocycles. The second-order valence-electron chi connectivity index (χ2n) is 3.37. The first kappa shape index (κ1) is 14.7. The van der Waals surface area contributed by atoms with Crippen LogP contribution in [-0.2, 0) is 15.5 Å². The predicted molar refractivity (Wildman–Crippen MR) is 63.1 cm³/mol. The van der Waals surface area contributed by atoms with Crippen molar-refractivity contribution < 1.29 is 23.0 Å². The highest BCUT2D eigenvalue weighted by molar-refractivity contribution is 6.32. The minimum absolute atomic E-state index is 0.0262. The molecule has 3 nitrogen and oxygen atoms in total. The molecule has 0 saturated carbocycles. The normalized spacial score (nSPS) is 11.2. The molecule has 0 radical (unpaired) electrons. The molecule has 0 saturated heterocycles. The Morgan fingerprint density at radius 1 is 1.33 bits per heavy atom. The van der Waals surface area contributed by atoms with Gasteiger partial charge in [0.1, 0.15) is 5.75 Å². The van der Waals surface area contributed by atoms with Gasteiger partial charge in [0.05, 0.1) is 18.2 Å². The molecule has 18 heavy (non-hydrogen) atoms. The van der Waals surface area contributed by atoms with E-state index >= 15 is 0 Å². The van der Waals surface area contributed by atoms with Gasteiger partial charge >= 0.3 is 11.9 Å². The number of halogens is 3. The highest BCUT2D eigenvalue weighted by Crippen LogP contribution is 2.34. The van der Waals surface area contributed by atoms with Crippen LogP contribution in [0.25, 0.3) is 0 Å². The Hall–Kier alpha value is -1.36. The molecule has 0 atom stereocenters. The van der Waals surface area contributed by atoms with Crippen molar-refractivity contribution in [3.63, 3.8) is 0 Å². The summed E-state index contributed by atoms with van der Waals surface area (Å²) in [6.45, 7) is 3.46. The number of hydrogen-bond donors (Lipinski definition) is 0. The first-order valence-electron chi connectivity index (χ1n) is 5.41. The highest BCUT2D eigenvalue weighted by Gasteiger charge is 2.42. The van der Waals surface area contributed by atoms with Gasteiger partial charge in [-0.1, -0.05) is 11.6 Å². The first-order chi connectivity index (χ1) is 8.43. The number of ether oxygens (including phenoxy) is 2. The van der Waals surface area contributed by atoms with Crippen molar-refractivity contribution in [2.24, 2.45) is 0 Å². The summed E-state index contributed by atoms with van der Waals surface area (Å²) in [5.41, 5.74) is -0.519. The number of rotatable bonds is 5. The van der Waals surface area contributed by atoms with E-state index in [9.17, 15) is 13.6 Å². The van der Waals surface area contributed by atoms with E-state index in [1.807, 2.05) is 0 Å². The molecule has 1 aromatic rings. The number of hydrogen-bond acceptors (Lipinski definition) is 3. The van der Waals surface area contributed by atoms with Gasteiger partial charge < -0.3 is 9.47 Å². The van der Waals surface area contributed by atoms with E-state index in [2.05, 4.69) is 4.74 Å². The molecule has 0 amide bonds. The van der Waals surface area contributed by atoms with E-state index in [1.165, 1.54) is 13.0 Å². The molecular formula is C12H13ClF2O3. The van der Waals surface area contributed by atoms with Crippen molar-refractivity contribution in [2.75, 3.05) is 13.2 Å². The lowest BCUT2D eigenvalue weighted by Gasteiger charge is -2.16. The third-order valence-corrected chi connectivity index (χ3v) is 2.42. The van der Waals surface area contributed by atoms with Gasteiger partial charge in [-0.25, -0.2) is 4.79 Å². The van der Waals surface area contributed by atoms with Crippen LogP contribution in [0.5, 0.6) is 5.75 Å². The lowest BCUT2D eigenvalue weighted by atomic mass is 10.1. The van der Waals surface area contributed by atoms with Crippen molar-refractivity contribution >= 4 is 17.6 Å². The third-order valence-electron chi connectivity index (χ3n) is 2.13. The third kappa shape index (κ3) is 3.10. The smallest absolute Gasteiger partial charge is 0.381 e. The van der Waals surface area contributed by atoms with E-state index in [-0.39, 0.29) is 11.6 Å². The SMILES string of the molecule is CCOC(=O)C(F)(F)c1ccc(OCC)c(Cl)c1. The molecule has 1 rings (SSSR count). The average Bonchev–Trinajstić information content (AvgIpc) is 2.32. The summed E-state index contributed by atoms with van der Waals surface area (Å²) in [5, 5.41) is 0.0262. The van der Waals surface area contributed by atoms with Crippen LogP contribution in [-0.4, -0.2) is 19.2 Å². The summed E-state index contributed by atoms with van der Waals surface area (Å²) in [6.07, 6.45) is 0. The molecule has 6 heteroatoms. The summed E-state index contributed by atoms with van der Waals surface area (Å²) in [5.74, 6) is -5.02. The molecule has 0 spiro atoms. The predicted octanol–water partition coefficient (Wildman–Crippen LogP) is 3.39. The maximum absolute atomic E-state index is 13.7. The fourth-order valence-corrected chi connectivity index (χ4v) is 1.54. The Bertz CT molecular complexity index is 435. The topological polar surface area (TPSA) is 35.5 Å². The van der Waals surface area contributed by atoms with Crippen molar-refractivity contribution in [3.05, 3.63) is 28.8 Å². The summed E-state index contributed by atoms with van der Waals surface area (Å²) >= 11 is 5.79. The Kier molecular flexibility index (Phi) is 4.90. The van der Waals surface area contributed by atoms with Crippen LogP contribution in [0.4, 0.5) is 8.78 Å². The van der Waals surface area contributed by atoms with Crippen LogP contribution in [0, 0.1) is 0 Å². The molecule has 0 heterocycles.